The minimum atomic E-state index is 0.736. The van der Waals surface area contributed by atoms with Crippen LogP contribution in [-0.2, 0) is 6.54 Å². The summed E-state index contributed by atoms with van der Waals surface area (Å²) in [5.41, 5.74) is 2.67. The third kappa shape index (κ3) is 3.47. The second-order valence-corrected chi connectivity index (χ2v) is 5.46. The molecule has 0 atom stereocenters. The lowest BCUT2D eigenvalue weighted by molar-refractivity contribution is 0.192. The Bertz CT molecular complexity index is 353. The second kappa shape index (κ2) is 6.21. The first-order valence-electron chi connectivity index (χ1n) is 6.84. The van der Waals surface area contributed by atoms with Crippen LogP contribution in [0.15, 0.2) is 24.3 Å². The average Bonchev–Trinajstić information content (AvgIpc) is 2.40. The zero-order chi connectivity index (χ0) is 13.0. The largest absolute Gasteiger partial charge is 0.378 e. The van der Waals surface area contributed by atoms with Crippen molar-refractivity contribution in [1.29, 1.82) is 0 Å². The van der Waals surface area contributed by atoms with Crippen molar-refractivity contribution in [3.8, 4) is 0 Å². The van der Waals surface area contributed by atoms with Crippen molar-refractivity contribution in [2.45, 2.75) is 25.4 Å². The summed E-state index contributed by atoms with van der Waals surface area (Å²) in [6.07, 6.45) is 2.54. The van der Waals surface area contributed by atoms with Gasteiger partial charge in [0.15, 0.2) is 0 Å². The molecule has 1 N–H and O–H groups in total. The van der Waals surface area contributed by atoms with E-state index >= 15 is 0 Å². The van der Waals surface area contributed by atoms with Gasteiger partial charge >= 0.3 is 0 Å². The quantitative estimate of drug-likeness (QED) is 0.877. The van der Waals surface area contributed by atoms with Crippen LogP contribution in [0.5, 0.6) is 0 Å². The van der Waals surface area contributed by atoms with Crippen LogP contribution in [0.1, 0.15) is 18.4 Å². The van der Waals surface area contributed by atoms with E-state index in [1.807, 2.05) is 0 Å². The fourth-order valence-corrected chi connectivity index (χ4v) is 2.56. The maximum atomic E-state index is 3.42. The van der Waals surface area contributed by atoms with Crippen molar-refractivity contribution in [1.82, 2.24) is 10.2 Å². The van der Waals surface area contributed by atoms with Gasteiger partial charge in [-0.15, -0.1) is 0 Å². The molecule has 1 fully saturated rings. The molecule has 1 aromatic rings. The lowest BCUT2D eigenvalue weighted by Gasteiger charge is -2.31. The van der Waals surface area contributed by atoms with E-state index in [1.54, 1.807) is 0 Å². The molecule has 100 valence electrons. The molecule has 2 rings (SSSR count). The highest BCUT2D eigenvalue weighted by Gasteiger charge is 2.17. The monoisotopic (exact) mass is 247 g/mol. The zero-order valence-corrected chi connectivity index (χ0v) is 11.8. The highest BCUT2D eigenvalue weighted by atomic mass is 15.1. The number of nitrogens with zero attached hydrogens (tertiary/aromatic N) is 2. The van der Waals surface area contributed by atoms with Crippen LogP contribution in [0, 0.1) is 0 Å². The van der Waals surface area contributed by atoms with E-state index in [2.05, 4.69) is 60.5 Å². The van der Waals surface area contributed by atoms with Crippen LogP contribution in [0.2, 0.25) is 0 Å². The molecule has 0 spiro atoms. The highest BCUT2D eigenvalue weighted by molar-refractivity contribution is 5.45. The molecule has 0 radical (unpaired) electrons. The van der Waals surface area contributed by atoms with E-state index in [1.165, 1.54) is 24.1 Å². The summed E-state index contributed by atoms with van der Waals surface area (Å²) in [6.45, 7) is 3.38. The highest BCUT2D eigenvalue weighted by Crippen LogP contribution is 2.16. The van der Waals surface area contributed by atoms with Crippen LogP contribution in [0.4, 0.5) is 5.69 Å². The van der Waals surface area contributed by atoms with Gasteiger partial charge in [-0.05, 0) is 50.7 Å². The molecule has 0 unspecified atom stereocenters. The first-order valence-corrected chi connectivity index (χ1v) is 6.84. The summed E-state index contributed by atoms with van der Waals surface area (Å²) in [5, 5.41) is 3.42. The van der Waals surface area contributed by atoms with Gasteiger partial charge in [0, 0.05) is 32.4 Å². The molecule has 0 aromatic heterocycles. The van der Waals surface area contributed by atoms with Gasteiger partial charge in [0.25, 0.3) is 0 Å². The van der Waals surface area contributed by atoms with E-state index in [9.17, 15) is 0 Å². The standard InChI is InChI=1S/C15H25N3/c1-17(2)14-6-4-13(5-7-14)12-18(3)15-8-10-16-11-9-15/h4-7,15-16H,8-12H2,1-3H3. The molecule has 18 heavy (non-hydrogen) atoms. The molecule has 3 heteroatoms. The molecule has 1 heterocycles. The molecule has 0 aliphatic carbocycles. The zero-order valence-electron chi connectivity index (χ0n) is 11.8. The number of anilines is 1. The predicted molar refractivity (Wildman–Crippen MR) is 78.1 cm³/mol. The maximum Gasteiger partial charge on any atom is 0.0361 e. The lowest BCUT2D eigenvalue weighted by Crippen LogP contribution is -2.40. The SMILES string of the molecule is CN(C)c1ccc(CN(C)C2CCNCC2)cc1. The molecule has 1 aliphatic rings. The van der Waals surface area contributed by atoms with Crippen LogP contribution < -0.4 is 10.2 Å². The molecule has 0 amide bonds. The number of rotatable bonds is 4. The van der Waals surface area contributed by atoms with Gasteiger partial charge in [-0.3, -0.25) is 4.90 Å². The summed E-state index contributed by atoms with van der Waals surface area (Å²) in [4.78, 5) is 4.63. The van der Waals surface area contributed by atoms with Gasteiger partial charge in [0.1, 0.15) is 0 Å². The van der Waals surface area contributed by atoms with Crippen LogP contribution >= 0.6 is 0 Å². The van der Waals surface area contributed by atoms with Gasteiger partial charge in [0.05, 0.1) is 0 Å². The molecule has 0 saturated carbocycles. The van der Waals surface area contributed by atoms with Gasteiger partial charge in [-0.2, -0.15) is 0 Å². The van der Waals surface area contributed by atoms with E-state index < -0.39 is 0 Å². The lowest BCUT2D eigenvalue weighted by atomic mass is 10.0. The van der Waals surface area contributed by atoms with Crippen molar-refractivity contribution in [3.05, 3.63) is 29.8 Å². The molecule has 3 nitrogen and oxygen atoms in total. The number of piperidine rings is 1. The Kier molecular flexibility index (Phi) is 4.61. The minimum Gasteiger partial charge on any atom is -0.378 e. The maximum absolute atomic E-state index is 3.42. The van der Waals surface area contributed by atoms with Gasteiger partial charge in [-0.25, -0.2) is 0 Å². The van der Waals surface area contributed by atoms with Crippen molar-refractivity contribution >= 4 is 5.69 Å². The topological polar surface area (TPSA) is 18.5 Å². The normalized spacial score (nSPS) is 17.1. The predicted octanol–water partition coefficient (Wildman–Crippen LogP) is 1.94. The van der Waals surface area contributed by atoms with E-state index in [-0.39, 0.29) is 0 Å². The van der Waals surface area contributed by atoms with Gasteiger partial charge in [0.2, 0.25) is 0 Å². The minimum absolute atomic E-state index is 0.736. The summed E-state index contributed by atoms with van der Waals surface area (Å²) in [5.74, 6) is 0. The Balaban J connectivity index is 1.91. The second-order valence-electron chi connectivity index (χ2n) is 5.46. The van der Waals surface area contributed by atoms with Crippen molar-refractivity contribution in [2.24, 2.45) is 0 Å². The summed E-state index contributed by atoms with van der Waals surface area (Å²) >= 11 is 0. The molecule has 1 saturated heterocycles. The van der Waals surface area contributed by atoms with Crippen LogP contribution in [0.3, 0.4) is 0 Å². The first-order chi connectivity index (χ1) is 8.66. The fourth-order valence-electron chi connectivity index (χ4n) is 2.56. The van der Waals surface area contributed by atoms with Crippen LogP contribution in [0.25, 0.3) is 0 Å². The van der Waals surface area contributed by atoms with E-state index in [0.29, 0.717) is 0 Å². The average molecular weight is 247 g/mol. The number of hydrogen-bond donors (Lipinski definition) is 1. The van der Waals surface area contributed by atoms with E-state index in [0.717, 1.165) is 25.7 Å². The van der Waals surface area contributed by atoms with Crippen molar-refractivity contribution in [2.75, 3.05) is 39.1 Å². The van der Waals surface area contributed by atoms with Crippen LogP contribution in [-0.4, -0.2) is 45.2 Å². The molecule has 0 bridgehead atoms. The number of hydrogen-bond acceptors (Lipinski definition) is 3. The molecular weight excluding hydrogens is 222 g/mol. The summed E-state index contributed by atoms with van der Waals surface area (Å²) in [6, 6.07) is 9.62. The Morgan fingerprint density at radius 3 is 2.22 bits per heavy atom. The Labute approximate surface area is 111 Å². The third-order valence-corrected chi connectivity index (χ3v) is 3.82. The Morgan fingerprint density at radius 1 is 1.06 bits per heavy atom. The van der Waals surface area contributed by atoms with Gasteiger partial charge in [-0.1, -0.05) is 12.1 Å². The Hall–Kier alpha value is -1.06. The summed E-state index contributed by atoms with van der Waals surface area (Å²) < 4.78 is 0. The van der Waals surface area contributed by atoms with E-state index in [4.69, 9.17) is 0 Å². The molecular formula is C15H25N3. The Morgan fingerprint density at radius 2 is 1.67 bits per heavy atom. The fraction of sp³-hybridized carbons (Fsp3) is 0.600. The smallest absolute Gasteiger partial charge is 0.0361 e. The first kappa shape index (κ1) is 13.4. The van der Waals surface area contributed by atoms with Crippen molar-refractivity contribution < 1.29 is 0 Å². The number of benzene rings is 1. The number of nitrogens with one attached hydrogen (secondary N) is 1. The van der Waals surface area contributed by atoms with Gasteiger partial charge < -0.3 is 10.2 Å². The molecule has 1 aromatic carbocycles. The third-order valence-electron chi connectivity index (χ3n) is 3.82. The van der Waals surface area contributed by atoms with Crippen molar-refractivity contribution in [3.63, 3.8) is 0 Å². The molecule has 1 aliphatic heterocycles. The summed E-state index contributed by atoms with van der Waals surface area (Å²) in [7, 11) is 6.40.